The van der Waals surface area contributed by atoms with E-state index >= 15 is 0 Å². The Kier molecular flexibility index (Phi) is 8.74. The molecular weight excluding hydrogens is 454 g/mol. The van der Waals surface area contributed by atoms with Crippen molar-refractivity contribution in [1.29, 1.82) is 0 Å². The van der Waals surface area contributed by atoms with Crippen LogP contribution in [0.5, 0.6) is 0 Å². The molecule has 5 N–H and O–H groups in total. The van der Waals surface area contributed by atoms with Gasteiger partial charge in [-0.1, -0.05) is 31.3 Å². The molecule has 2 atom stereocenters. The van der Waals surface area contributed by atoms with E-state index in [1.807, 2.05) is 13.8 Å². The van der Waals surface area contributed by atoms with Crippen LogP contribution in [-0.2, 0) is 6.18 Å². The van der Waals surface area contributed by atoms with E-state index in [1.165, 1.54) is 11.8 Å². The molecule has 2 aromatic carbocycles. The minimum Gasteiger partial charge on any atom is -0.366 e. The van der Waals surface area contributed by atoms with Gasteiger partial charge in [0.2, 0.25) is 5.91 Å². The maximum absolute atomic E-state index is 14.6. The summed E-state index contributed by atoms with van der Waals surface area (Å²) < 4.78 is 55.3. The summed E-state index contributed by atoms with van der Waals surface area (Å²) in [4.78, 5) is 11.3. The lowest BCUT2D eigenvalue weighted by Crippen LogP contribution is -2.31. The summed E-state index contributed by atoms with van der Waals surface area (Å²) in [5.41, 5.74) is 11.6. The Balaban J connectivity index is 2.44. The van der Waals surface area contributed by atoms with Crippen molar-refractivity contribution in [2.75, 3.05) is 5.32 Å². The van der Waals surface area contributed by atoms with E-state index < -0.39 is 40.3 Å². The molecule has 0 radical (unpaired) electrons. The molecule has 0 bridgehead atoms. The van der Waals surface area contributed by atoms with Gasteiger partial charge in [-0.2, -0.15) is 13.2 Å². The van der Waals surface area contributed by atoms with Crippen LogP contribution in [-0.4, -0.2) is 17.2 Å². The summed E-state index contributed by atoms with van der Waals surface area (Å²) in [5.74, 6) is -1.57. The lowest BCUT2D eigenvalue weighted by atomic mass is 9.95. The van der Waals surface area contributed by atoms with Gasteiger partial charge in [-0.15, -0.1) is 0 Å². The summed E-state index contributed by atoms with van der Waals surface area (Å²) in [6.45, 7) is 9.26. The third-order valence-corrected chi connectivity index (χ3v) is 6.71. The van der Waals surface area contributed by atoms with Gasteiger partial charge in [0, 0.05) is 22.9 Å². The van der Waals surface area contributed by atoms with Crippen LogP contribution in [0, 0.1) is 5.82 Å². The largest absolute Gasteiger partial charge is 0.417 e. The molecule has 0 spiro atoms. The molecule has 2 unspecified atom stereocenters. The number of nitrogens with one attached hydrogen (secondary N) is 1. The van der Waals surface area contributed by atoms with Gasteiger partial charge in [-0.05, 0) is 67.8 Å². The first kappa shape index (κ1) is 26.5. The lowest BCUT2D eigenvalue weighted by molar-refractivity contribution is -0.138. The van der Waals surface area contributed by atoms with Crippen molar-refractivity contribution in [3.63, 3.8) is 0 Å². The molecule has 0 fully saturated rings. The van der Waals surface area contributed by atoms with Crippen molar-refractivity contribution in [3.05, 3.63) is 82.2 Å². The SMILES string of the molecule is C=C(c1c(F)cccc1C(F)(F)F)C(SC(Nc1ccc(C(N)=O)cc1)=C(C)CC)C(C)N. The standard InChI is InChI=1S/C24H27F4N3OS/c1-5-13(2)23(31-17-11-9-16(10-12-17)22(30)32)33-21(15(4)29)14(3)20-18(24(26,27)28)7-6-8-19(20)25/h6-12,15,21,31H,3,5,29H2,1-2,4H3,(H2,30,32). The molecule has 0 heterocycles. The van der Waals surface area contributed by atoms with E-state index in [2.05, 4.69) is 11.9 Å². The van der Waals surface area contributed by atoms with Gasteiger partial charge in [-0.25, -0.2) is 4.39 Å². The molecular formula is C24H27F4N3OS. The van der Waals surface area contributed by atoms with E-state index in [4.69, 9.17) is 11.5 Å². The number of primary amides is 1. The van der Waals surface area contributed by atoms with Crippen LogP contribution < -0.4 is 16.8 Å². The number of benzene rings is 2. The van der Waals surface area contributed by atoms with Crippen molar-refractivity contribution in [2.45, 2.75) is 44.7 Å². The molecule has 2 aromatic rings. The minimum absolute atomic E-state index is 0.0484. The number of allylic oxidation sites excluding steroid dienone is 1. The van der Waals surface area contributed by atoms with Gasteiger partial charge in [0.05, 0.1) is 15.8 Å². The number of halogens is 4. The molecule has 2 rings (SSSR count). The summed E-state index contributed by atoms with van der Waals surface area (Å²) in [5, 5.41) is 3.12. The molecule has 0 aliphatic rings. The number of carbonyl (C=O) groups is 1. The summed E-state index contributed by atoms with van der Waals surface area (Å²) in [6.07, 6.45) is -4.09. The molecule has 0 aromatic heterocycles. The average molecular weight is 482 g/mol. The molecule has 0 saturated carbocycles. The van der Waals surface area contributed by atoms with Gasteiger partial charge in [0.25, 0.3) is 0 Å². The van der Waals surface area contributed by atoms with Crippen LogP contribution in [0.2, 0.25) is 0 Å². The predicted octanol–water partition coefficient (Wildman–Crippen LogP) is 6.16. The Morgan fingerprint density at radius 2 is 1.79 bits per heavy atom. The van der Waals surface area contributed by atoms with E-state index in [1.54, 1.807) is 31.2 Å². The highest BCUT2D eigenvalue weighted by Crippen LogP contribution is 2.41. The van der Waals surface area contributed by atoms with Crippen LogP contribution in [0.4, 0.5) is 23.2 Å². The van der Waals surface area contributed by atoms with Gasteiger partial charge in [-0.3, -0.25) is 4.79 Å². The minimum atomic E-state index is -4.74. The van der Waals surface area contributed by atoms with E-state index in [-0.39, 0.29) is 5.57 Å². The predicted molar refractivity (Wildman–Crippen MR) is 127 cm³/mol. The maximum atomic E-state index is 14.6. The molecule has 1 amide bonds. The average Bonchev–Trinajstić information content (AvgIpc) is 2.74. The Morgan fingerprint density at radius 3 is 2.27 bits per heavy atom. The number of alkyl halides is 3. The first-order chi connectivity index (χ1) is 15.4. The number of hydrogen-bond donors (Lipinski definition) is 3. The van der Waals surface area contributed by atoms with E-state index in [0.717, 1.165) is 23.8 Å². The Morgan fingerprint density at radius 1 is 1.18 bits per heavy atom. The second-order valence-corrected chi connectivity index (χ2v) is 8.76. The zero-order valence-electron chi connectivity index (χ0n) is 18.6. The van der Waals surface area contributed by atoms with Gasteiger partial charge < -0.3 is 16.8 Å². The highest BCUT2D eigenvalue weighted by molar-refractivity contribution is 8.04. The molecule has 9 heteroatoms. The van der Waals surface area contributed by atoms with Crippen molar-refractivity contribution in [2.24, 2.45) is 11.5 Å². The van der Waals surface area contributed by atoms with E-state index in [0.29, 0.717) is 22.7 Å². The molecule has 0 aliphatic heterocycles. The molecule has 33 heavy (non-hydrogen) atoms. The van der Waals surface area contributed by atoms with Crippen LogP contribution >= 0.6 is 11.8 Å². The quantitative estimate of drug-likeness (QED) is 0.375. The van der Waals surface area contributed by atoms with Crippen LogP contribution in [0.15, 0.2) is 59.6 Å². The second-order valence-electron chi connectivity index (χ2n) is 7.61. The third-order valence-electron chi connectivity index (χ3n) is 5.05. The number of nitrogens with two attached hydrogens (primary N) is 2. The first-order valence-corrected chi connectivity index (χ1v) is 11.1. The van der Waals surface area contributed by atoms with Gasteiger partial charge in [0.15, 0.2) is 0 Å². The number of amides is 1. The summed E-state index contributed by atoms with van der Waals surface area (Å²) in [7, 11) is 0. The van der Waals surface area contributed by atoms with Crippen molar-refractivity contribution < 1.29 is 22.4 Å². The fourth-order valence-corrected chi connectivity index (χ4v) is 4.35. The highest BCUT2D eigenvalue weighted by Gasteiger charge is 2.37. The monoisotopic (exact) mass is 481 g/mol. The van der Waals surface area contributed by atoms with Crippen molar-refractivity contribution >= 4 is 28.9 Å². The highest BCUT2D eigenvalue weighted by atomic mass is 32.2. The second kappa shape index (κ2) is 10.9. The smallest absolute Gasteiger partial charge is 0.366 e. The van der Waals surface area contributed by atoms with Crippen molar-refractivity contribution in [1.82, 2.24) is 0 Å². The summed E-state index contributed by atoms with van der Waals surface area (Å²) >= 11 is 1.19. The number of thioether (sulfide) groups is 1. The Hall–Kier alpha value is -2.78. The van der Waals surface area contributed by atoms with Gasteiger partial charge >= 0.3 is 6.18 Å². The molecule has 0 aliphatic carbocycles. The number of anilines is 1. The van der Waals surface area contributed by atoms with Crippen LogP contribution in [0.3, 0.4) is 0 Å². The van der Waals surface area contributed by atoms with E-state index in [9.17, 15) is 22.4 Å². The maximum Gasteiger partial charge on any atom is 0.417 e. The number of hydrogen-bond acceptors (Lipinski definition) is 4. The van der Waals surface area contributed by atoms with Crippen LogP contribution in [0.1, 0.15) is 48.7 Å². The fraction of sp³-hybridized carbons (Fsp3) is 0.292. The van der Waals surface area contributed by atoms with Crippen molar-refractivity contribution in [3.8, 4) is 0 Å². The van der Waals surface area contributed by atoms with Gasteiger partial charge in [0.1, 0.15) is 5.82 Å². The number of carbonyl (C=O) groups excluding carboxylic acids is 1. The molecule has 178 valence electrons. The zero-order valence-corrected chi connectivity index (χ0v) is 19.4. The lowest BCUT2D eigenvalue weighted by Gasteiger charge is -2.27. The Labute approximate surface area is 195 Å². The van der Waals surface area contributed by atoms with Crippen LogP contribution in [0.25, 0.3) is 5.57 Å². The fourth-order valence-electron chi connectivity index (χ4n) is 3.10. The molecule has 0 saturated heterocycles. The number of rotatable bonds is 9. The summed E-state index contributed by atoms with van der Waals surface area (Å²) in [6, 6.07) is 8.64. The zero-order chi connectivity index (χ0) is 24.9. The topological polar surface area (TPSA) is 81.1 Å². The first-order valence-electron chi connectivity index (χ1n) is 10.2. The normalized spacial score (nSPS) is 14.3. The molecule has 4 nitrogen and oxygen atoms in total. The Bertz CT molecular complexity index is 1050. The third kappa shape index (κ3) is 6.61.